The first-order valence-electron chi connectivity index (χ1n) is 7.07. The van der Waals surface area contributed by atoms with E-state index in [4.69, 9.17) is 9.84 Å². The lowest BCUT2D eigenvalue weighted by molar-refractivity contribution is -0.384. The van der Waals surface area contributed by atoms with Crippen molar-refractivity contribution >= 4 is 11.7 Å². The number of benzene rings is 1. The molecule has 0 aromatic heterocycles. The average Bonchev–Trinajstić information content (AvgIpc) is 2.92. The number of carboxylic acids is 1. The molecule has 2 atom stereocenters. The quantitative estimate of drug-likeness (QED) is 0.626. The van der Waals surface area contributed by atoms with E-state index in [2.05, 4.69) is 0 Å². The summed E-state index contributed by atoms with van der Waals surface area (Å²) in [4.78, 5) is 22.4. The number of nitro benzene ring substituents is 1. The molecule has 0 bridgehead atoms. The van der Waals surface area contributed by atoms with Gasteiger partial charge in [-0.05, 0) is 6.07 Å². The van der Waals surface area contributed by atoms with Crippen LogP contribution in [0.4, 0.5) is 18.9 Å². The molecule has 1 fully saturated rings. The zero-order valence-electron chi connectivity index (χ0n) is 12.4. The van der Waals surface area contributed by atoms with Gasteiger partial charge in [0, 0.05) is 25.7 Å². The van der Waals surface area contributed by atoms with Gasteiger partial charge in [-0.1, -0.05) is 6.07 Å². The van der Waals surface area contributed by atoms with Gasteiger partial charge in [-0.3, -0.25) is 19.8 Å². The van der Waals surface area contributed by atoms with E-state index in [1.54, 1.807) is 0 Å². The number of hydrogen-bond acceptors (Lipinski definition) is 5. The lowest BCUT2D eigenvalue weighted by Crippen LogP contribution is -2.33. The third-order valence-corrected chi connectivity index (χ3v) is 3.84. The first-order chi connectivity index (χ1) is 11.2. The molecular weight excluding hydrogens is 333 g/mol. The number of carboxylic acid groups (broad SMARTS) is 1. The van der Waals surface area contributed by atoms with Gasteiger partial charge < -0.3 is 9.84 Å². The van der Waals surface area contributed by atoms with Crippen molar-refractivity contribution < 1.29 is 32.7 Å². The molecule has 0 saturated carbocycles. The van der Waals surface area contributed by atoms with Crippen LogP contribution in [-0.2, 0) is 4.79 Å². The van der Waals surface area contributed by atoms with Crippen LogP contribution in [0.5, 0.6) is 5.75 Å². The smallest absolute Gasteiger partial charge is 0.393 e. The Kier molecular flexibility index (Phi) is 5.27. The monoisotopic (exact) mass is 348 g/mol. The molecule has 1 aromatic carbocycles. The molecule has 132 valence electrons. The summed E-state index contributed by atoms with van der Waals surface area (Å²) in [5.74, 6) is -4.65. The van der Waals surface area contributed by atoms with Crippen molar-refractivity contribution in [3.05, 3.63) is 34.4 Å². The van der Waals surface area contributed by atoms with Gasteiger partial charge in [0.2, 0.25) is 0 Å². The Labute approximate surface area is 134 Å². The molecule has 10 heteroatoms. The molecule has 1 heterocycles. The Bertz CT molecular complexity index is 623. The zero-order chi connectivity index (χ0) is 17.9. The minimum Gasteiger partial charge on any atom is -0.492 e. The number of nitrogens with zero attached hydrogens (tertiary/aromatic N) is 2. The highest BCUT2D eigenvalue weighted by Crippen LogP contribution is 2.37. The first kappa shape index (κ1) is 18.0. The summed E-state index contributed by atoms with van der Waals surface area (Å²) < 4.78 is 43.9. The highest BCUT2D eigenvalue weighted by molar-refractivity contribution is 5.71. The van der Waals surface area contributed by atoms with Crippen molar-refractivity contribution in [3.63, 3.8) is 0 Å². The molecule has 0 radical (unpaired) electrons. The average molecular weight is 348 g/mol. The Balaban J connectivity index is 1.90. The summed E-state index contributed by atoms with van der Waals surface area (Å²) in [6.07, 6.45) is -4.57. The molecular formula is C14H15F3N2O5. The van der Waals surface area contributed by atoms with E-state index in [1.807, 2.05) is 0 Å². The minimum atomic E-state index is -4.57. The van der Waals surface area contributed by atoms with E-state index in [1.165, 1.54) is 29.2 Å². The maximum atomic E-state index is 12.9. The highest BCUT2D eigenvalue weighted by atomic mass is 19.4. The Hall–Kier alpha value is -2.36. The third kappa shape index (κ3) is 4.34. The summed E-state index contributed by atoms with van der Waals surface area (Å²) in [6, 6.07) is 5.43. The summed E-state index contributed by atoms with van der Waals surface area (Å²) in [6.45, 7) is -0.520. The lowest BCUT2D eigenvalue weighted by Gasteiger charge is -2.18. The summed E-state index contributed by atoms with van der Waals surface area (Å²) in [5.41, 5.74) is -0.156. The number of ether oxygens (including phenoxy) is 1. The second-order valence-corrected chi connectivity index (χ2v) is 5.46. The number of non-ortho nitro benzene ring substituents is 1. The first-order valence-corrected chi connectivity index (χ1v) is 7.07. The van der Waals surface area contributed by atoms with Crippen LogP contribution < -0.4 is 4.74 Å². The maximum absolute atomic E-state index is 12.9. The van der Waals surface area contributed by atoms with Crippen LogP contribution in [0.3, 0.4) is 0 Å². The van der Waals surface area contributed by atoms with Gasteiger partial charge in [-0.15, -0.1) is 0 Å². The number of nitro groups is 1. The number of likely N-dealkylation sites (tertiary alicyclic amines) is 1. The van der Waals surface area contributed by atoms with Crippen LogP contribution in [0.15, 0.2) is 24.3 Å². The largest absolute Gasteiger partial charge is 0.492 e. The standard InChI is InChI=1S/C14H15F3N2O5/c15-14(16,17)12-8-18(7-11(12)13(20)21)4-5-24-10-3-1-2-9(6-10)19(22)23/h1-3,6,11-12H,4-5,7-8H2,(H,20,21)/t11-,12-/m1/s1. The van der Waals surface area contributed by atoms with Crippen molar-refractivity contribution in [2.75, 3.05) is 26.2 Å². The van der Waals surface area contributed by atoms with E-state index in [-0.39, 0.29) is 31.1 Å². The topological polar surface area (TPSA) is 92.9 Å². The van der Waals surface area contributed by atoms with Crippen LogP contribution in [0, 0.1) is 22.0 Å². The Morgan fingerprint density at radius 3 is 2.67 bits per heavy atom. The van der Waals surface area contributed by atoms with Crippen molar-refractivity contribution in [2.45, 2.75) is 6.18 Å². The Morgan fingerprint density at radius 2 is 2.12 bits per heavy atom. The van der Waals surface area contributed by atoms with E-state index < -0.39 is 35.4 Å². The van der Waals surface area contributed by atoms with Gasteiger partial charge in [0.25, 0.3) is 5.69 Å². The molecule has 1 saturated heterocycles. The van der Waals surface area contributed by atoms with Gasteiger partial charge in [0.1, 0.15) is 12.4 Å². The van der Waals surface area contributed by atoms with Crippen LogP contribution >= 0.6 is 0 Å². The number of hydrogen-bond donors (Lipinski definition) is 1. The predicted molar refractivity (Wildman–Crippen MR) is 75.7 cm³/mol. The molecule has 0 aliphatic carbocycles. The van der Waals surface area contributed by atoms with E-state index >= 15 is 0 Å². The third-order valence-electron chi connectivity index (χ3n) is 3.84. The summed E-state index contributed by atoms with van der Waals surface area (Å²) in [7, 11) is 0. The van der Waals surface area contributed by atoms with Crippen molar-refractivity contribution in [1.29, 1.82) is 0 Å². The van der Waals surface area contributed by atoms with Gasteiger partial charge in [-0.25, -0.2) is 0 Å². The van der Waals surface area contributed by atoms with E-state index in [0.717, 1.165) is 0 Å². The molecule has 0 spiro atoms. The van der Waals surface area contributed by atoms with Crippen LogP contribution in [0.1, 0.15) is 0 Å². The molecule has 0 amide bonds. The highest BCUT2D eigenvalue weighted by Gasteiger charge is 2.52. The molecule has 2 rings (SSSR count). The van der Waals surface area contributed by atoms with Gasteiger partial charge in [0.05, 0.1) is 22.8 Å². The zero-order valence-corrected chi connectivity index (χ0v) is 12.4. The van der Waals surface area contributed by atoms with Crippen LogP contribution in [0.25, 0.3) is 0 Å². The molecule has 0 unspecified atom stereocenters. The number of carbonyl (C=O) groups is 1. The molecule has 1 N–H and O–H groups in total. The predicted octanol–water partition coefficient (Wildman–Crippen LogP) is 2.17. The number of alkyl halides is 3. The fourth-order valence-corrected chi connectivity index (χ4v) is 2.63. The van der Waals surface area contributed by atoms with Gasteiger partial charge in [0.15, 0.2) is 0 Å². The SMILES string of the molecule is O=C(O)[C@@H]1CN(CCOc2cccc([N+](=O)[O-])c2)C[C@H]1C(F)(F)F. The number of rotatable bonds is 6. The van der Waals surface area contributed by atoms with Crippen molar-refractivity contribution in [2.24, 2.45) is 11.8 Å². The lowest BCUT2D eigenvalue weighted by atomic mass is 9.96. The fourth-order valence-electron chi connectivity index (χ4n) is 2.63. The van der Waals surface area contributed by atoms with E-state index in [0.29, 0.717) is 0 Å². The molecule has 1 aliphatic heterocycles. The van der Waals surface area contributed by atoms with Gasteiger partial charge >= 0.3 is 12.1 Å². The van der Waals surface area contributed by atoms with Crippen molar-refractivity contribution in [3.8, 4) is 5.75 Å². The molecule has 24 heavy (non-hydrogen) atoms. The van der Waals surface area contributed by atoms with Gasteiger partial charge in [-0.2, -0.15) is 13.2 Å². The normalized spacial score (nSPS) is 21.6. The molecule has 1 aliphatic rings. The summed E-state index contributed by atoms with van der Waals surface area (Å²) >= 11 is 0. The van der Waals surface area contributed by atoms with Crippen LogP contribution in [0.2, 0.25) is 0 Å². The second-order valence-electron chi connectivity index (χ2n) is 5.46. The Morgan fingerprint density at radius 1 is 1.42 bits per heavy atom. The van der Waals surface area contributed by atoms with Crippen LogP contribution in [-0.4, -0.2) is 53.3 Å². The number of halogens is 3. The fraction of sp³-hybridized carbons (Fsp3) is 0.500. The molecule has 7 nitrogen and oxygen atoms in total. The molecule has 1 aromatic rings. The second kappa shape index (κ2) is 7.04. The van der Waals surface area contributed by atoms with Crippen molar-refractivity contribution in [1.82, 2.24) is 4.90 Å². The maximum Gasteiger partial charge on any atom is 0.393 e. The number of aliphatic carboxylic acids is 1. The van der Waals surface area contributed by atoms with E-state index in [9.17, 15) is 28.1 Å². The minimum absolute atomic E-state index is 0.00190. The summed E-state index contributed by atoms with van der Waals surface area (Å²) in [5, 5.41) is 19.6.